The van der Waals surface area contributed by atoms with Gasteiger partial charge in [0.1, 0.15) is 0 Å². The summed E-state index contributed by atoms with van der Waals surface area (Å²) in [5.74, 6) is -1.25. The van der Waals surface area contributed by atoms with Gasteiger partial charge in [-0.15, -0.1) is 5.10 Å². The van der Waals surface area contributed by atoms with E-state index in [2.05, 4.69) is 10.3 Å². The molecule has 0 bridgehead atoms. The zero-order chi connectivity index (χ0) is 37.0. The highest BCUT2D eigenvalue weighted by molar-refractivity contribution is 6.71. The lowest BCUT2D eigenvalue weighted by atomic mass is 9.82. The van der Waals surface area contributed by atoms with Crippen LogP contribution in [0.2, 0.25) is 18.6 Å². The SMILES string of the molecule is COC(=O)CCCCN1C(=O)[C@]2(O[C@H](CCn3cc(C(CO)c4ccccc4)nn3)[C@@H]([Si](C)(C)O)[C@@H]2C)c2cc(N(C=O)c3ccccc3)ccc21. The first kappa shape index (κ1) is 37.1. The normalized spacial score (nSPS) is 21.7. The van der Waals surface area contributed by atoms with Gasteiger partial charge in [0.2, 0.25) is 6.41 Å². The van der Waals surface area contributed by atoms with Gasteiger partial charge >= 0.3 is 5.97 Å². The number of unbranched alkanes of at least 4 members (excludes halogenated alkanes) is 1. The molecule has 1 aromatic heterocycles. The van der Waals surface area contributed by atoms with Gasteiger partial charge in [-0.3, -0.25) is 24.0 Å². The van der Waals surface area contributed by atoms with E-state index in [4.69, 9.17) is 9.47 Å². The highest BCUT2D eigenvalue weighted by Crippen LogP contribution is 2.60. The third kappa shape index (κ3) is 7.05. The maximum Gasteiger partial charge on any atom is 0.305 e. The number of aliphatic hydroxyl groups excluding tert-OH is 1. The highest BCUT2D eigenvalue weighted by atomic mass is 28.4. The first-order valence-corrected chi connectivity index (χ1v) is 20.8. The Hall–Kier alpha value is -4.69. The molecule has 4 aromatic rings. The molecular weight excluding hydrogens is 679 g/mol. The van der Waals surface area contributed by atoms with E-state index in [1.165, 1.54) is 12.0 Å². The minimum absolute atomic E-state index is 0.116. The lowest BCUT2D eigenvalue weighted by Crippen LogP contribution is -2.46. The number of aryl methyl sites for hydroxylation is 1. The molecule has 2 N–H and O–H groups in total. The Balaban J connectivity index is 1.33. The third-order valence-corrected chi connectivity index (χ3v) is 13.1. The van der Waals surface area contributed by atoms with Crippen molar-refractivity contribution in [1.82, 2.24) is 15.0 Å². The van der Waals surface area contributed by atoms with Crippen molar-refractivity contribution in [2.75, 3.05) is 30.1 Å². The van der Waals surface area contributed by atoms with Crippen molar-refractivity contribution in [3.63, 3.8) is 0 Å². The maximum atomic E-state index is 14.8. The number of hydrogen-bond acceptors (Lipinski definition) is 9. The molecule has 0 radical (unpaired) electrons. The molecule has 3 aromatic carbocycles. The van der Waals surface area contributed by atoms with E-state index in [1.807, 2.05) is 105 Å². The molecule has 0 aliphatic carbocycles. The average molecular weight is 726 g/mol. The second-order valence-corrected chi connectivity index (χ2v) is 18.2. The van der Waals surface area contributed by atoms with Gasteiger partial charge in [0, 0.05) is 54.1 Å². The molecule has 2 aliphatic heterocycles. The van der Waals surface area contributed by atoms with Crippen LogP contribution in [0, 0.1) is 5.92 Å². The molecule has 2 amide bonds. The van der Waals surface area contributed by atoms with Crippen LogP contribution in [-0.2, 0) is 36.0 Å². The van der Waals surface area contributed by atoms with Crippen LogP contribution in [0.25, 0.3) is 0 Å². The molecular formula is C39H47N5O7Si. The number of para-hydroxylation sites is 1. The predicted molar refractivity (Wildman–Crippen MR) is 198 cm³/mol. The summed E-state index contributed by atoms with van der Waals surface area (Å²) in [5, 5.41) is 18.9. The molecule has 12 nitrogen and oxygen atoms in total. The van der Waals surface area contributed by atoms with Crippen LogP contribution in [0.1, 0.15) is 55.3 Å². The fourth-order valence-electron chi connectivity index (χ4n) is 8.10. The lowest BCUT2D eigenvalue weighted by Gasteiger charge is -2.32. The first-order valence-electron chi connectivity index (χ1n) is 17.8. The van der Waals surface area contributed by atoms with E-state index < -0.39 is 25.9 Å². The summed E-state index contributed by atoms with van der Waals surface area (Å²) in [6.45, 7) is 6.41. The van der Waals surface area contributed by atoms with Gasteiger partial charge in [0.25, 0.3) is 5.91 Å². The molecule has 6 rings (SSSR count). The fourth-order valence-corrected chi connectivity index (χ4v) is 10.7. The van der Waals surface area contributed by atoms with Crippen LogP contribution in [0.3, 0.4) is 0 Å². The summed E-state index contributed by atoms with van der Waals surface area (Å²) in [6, 6.07) is 24.5. The molecule has 274 valence electrons. The van der Waals surface area contributed by atoms with Crippen molar-refractivity contribution in [3.05, 3.63) is 102 Å². The average Bonchev–Trinajstić information content (AvgIpc) is 3.80. The second kappa shape index (κ2) is 15.5. The number of fused-ring (bicyclic) bond motifs is 2. The van der Waals surface area contributed by atoms with Gasteiger partial charge in [-0.25, -0.2) is 0 Å². The Morgan fingerprint density at radius 2 is 1.77 bits per heavy atom. The van der Waals surface area contributed by atoms with Crippen molar-refractivity contribution in [3.8, 4) is 0 Å². The molecule has 2 aliphatic rings. The summed E-state index contributed by atoms with van der Waals surface area (Å²) in [5.41, 5.74) is 2.46. The molecule has 3 heterocycles. The number of rotatable bonds is 15. The summed E-state index contributed by atoms with van der Waals surface area (Å²) >= 11 is 0. The number of carbonyl (C=O) groups is 3. The number of aliphatic hydroxyl groups is 1. The van der Waals surface area contributed by atoms with Gasteiger partial charge in [-0.1, -0.05) is 60.7 Å². The van der Waals surface area contributed by atoms with Crippen LogP contribution in [0.5, 0.6) is 0 Å². The molecule has 1 spiro atoms. The number of benzene rings is 3. The second-order valence-electron chi connectivity index (χ2n) is 14.2. The molecule has 1 saturated heterocycles. The minimum Gasteiger partial charge on any atom is -0.469 e. The zero-order valence-corrected chi connectivity index (χ0v) is 31.1. The van der Waals surface area contributed by atoms with Crippen molar-refractivity contribution in [1.29, 1.82) is 0 Å². The maximum absolute atomic E-state index is 14.8. The van der Waals surface area contributed by atoms with E-state index in [0.29, 0.717) is 60.7 Å². The van der Waals surface area contributed by atoms with Crippen molar-refractivity contribution in [2.45, 2.75) is 75.4 Å². The Morgan fingerprint density at radius 1 is 1.06 bits per heavy atom. The Kier molecular flexibility index (Phi) is 11.1. The molecule has 0 saturated carbocycles. The monoisotopic (exact) mass is 725 g/mol. The number of carbonyl (C=O) groups excluding carboxylic acids is 3. The number of aromatic nitrogens is 3. The van der Waals surface area contributed by atoms with Crippen LogP contribution in [0.15, 0.2) is 85.1 Å². The number of hydrogen-bond donors (Lipinski definition) is 2. The van der Waals surface area contributed by atoms with Gasteiger partial charge in [0.05, 0.1) is 37.1 Å². The van der Waals surface area contributed by atoms with E-state index >= 15 is 0 Å². The van der Waals surface area contributed by atoms with E-state index in [9.17, 15) is 24.3 Å². The number of amides is 2. The number of nitrogens with zero attached hydrogens (tertiary/aromatic N) is 5. The first-order chi connectivity index (χ1) is 25.0. The predicted octanol–water partition coefficient (Wildman–Crippen LogP) is 5.27. The molecule has 1 unspecified atom stereocenters. The highest BCUT2D eigenvalue weighted by Gasteiger charge is 2.66. The number of methoxy groups -OCH3 is 1. The molecule has 5 atom stereocenters. The largest absolute Gasteiger partial charge is 0.469 e. The standard InChI is InChI=1S/C39H47N5O7Si/c1-27-37(52(3,4)49)35(20-22-42-24-33(40-41-42)31(25-45)28-13-7-5-8-14-28)51-39(27)32-23-30(44(26-46)29-15-9-6-10-16-29)18-19-34(32)43(38(39)48)21-12-11-17-36(47)50-2/h5-10,13-16,18-19,23-24,26-27,31,35,37,45,49H,11-12,17,20-22,25H2,1-4H3/t27-,31?,35+,37-,39+/m0/s1. The topological polar surface area (TPSA) is 147 Å². The number of ether oxygens (including phenoxy) is 2. The van der Waals surface area contributed by atoms with Gasteiger partial charge in [-0.2, -0.15) is 0 Å². The smallest absolute Gasteiger partial charge is 0.305 e. The quantitative estimate of drug-likeness (QED) is 0.0724. The lowest BCUT2D eigenvalue weighted by molar-refractivity contribution is -0.146. The Morgan fingerprint density at radius 3 is 2.42 bits per heavy atom. The molecule has 1 fully saturated rings. The minimum atomic E-state index is -2.95. The molecule has 52 heavy (non-hydrogen) atoms. The third-order valence-electron chi connectivity index (χ3n) is 10.6. The van der Waals surface area contributed by atoms with Crippen LogP contribution < -0.4 is 9.80 Å². The fraction of sp³-hybridized carbons (Fsp3) is 0.410. The summed E-state index contributed by atoms with van der Waals surface area (Å²) in [4.78, 5) is 54.2. The van der Waals surface area contributed by atoms with Crippen LogP contribution >= 0.6 is 0 Å². The van der Waals surface area contributed by atoms with Gasteiger partial charge in [-0.05, 0) is 68.3 Å². The number of esters is 1. The number of anilines is 3. The zero-order valence-electron chi connectivity index (χ0n) is 30.1. The van der Waals surface area contributed by atoms with Crippen molar-refractivity contribution in [2.24, 2.45) is 5.92 Å². The van der Waals surface area contributed by atoms with Crippen LogP contribution in [-0.4, -0.2) is 77.9 Å². The van der Waals surface area contributed by atoms with Gasteiger partial charge in [0.15, 0.2) is 13.9 Å². The van der Waals surface area contributed by atoms with Crippen molar-refractivity contribution >= 4 is 43.7 Å². The Bertz CT molecular complexity index is 1870. The summed E-state index contributed by atoms with van der Waals surface area (Å²) < 4.78 is 13.6. The summed E-state index contributed by atoms with van der Waals surface area (Å²) in [6.07, 6.45) is 3.90. The van der Waals surface area contributed by atoms with E-state index in [-0.39, 0.29) is 36.4 Å². The van der Waals surface area contributed by atoms with Gasteiger partial charge < -0.3 is 24.3 Å². The van der Waals surface area contributed by atoms with Crippen molar-refractivity contribution < 1.29 is 33.8 Å². The van der Waals surface area contributed by atoms with Crippen LogP contribution in [0.4, 0.5) is 17.1 Å². The van der Waals surface area contributed by atoms with E-state index in [0.717, 1.165) is 12.0 Å². The Labute approximate surface area is 305 Å². The summed E-state index contributed by atoms with van der Waals surface area (Å²) in [7, 11) is -1.59. The molecule has 13 heteroatoms. The van der Waals surface area contributed by atoms with E-state index in [1.54, 1.807) is 9.58 Å².